The molecule has 3 aromatic rings. The van der Waals surface area contributed by atoms with Gasteiger partial charge in [0.15, 0.2) is 0 Å². The van der Waals surface area contributed by atoms with E-state index in [-0.39, 0.29) is 0 Å². The normalized spacial score (nSPS) is 11.4. The number of hydrogen-bond donors (Lipinski definition) is 0. The van der Waals surface area contributed by atoms with Crippen LogP contribution in [0.3, 0.4) is 0 Å². The molecule has 0 saturated heterocycles. The Labute approximate surface area is 124 Å². The van der Waals surface area contributed by atoms with E-state index < -0.39 is 0 Å². The van der Waals surface area contributed by atoms with Gasteiger partial charge in [-0.3, -0.25) is 0 Å². The molecule has 0 bridgehead atoms. The molecule has 0 fully saturated rings. The Bertz CT molecular complexity index is 705. The van der Waals surface area contributed by atoms with Gasteiger partial charge in [-0.25, -0.2) is 0 Å². The molecule has 4 heteroatoms. The van der Waals surface area contributed by atoms with Crippen molar-refractivity contribution in [3.8, 4) is 0 Å². The lowest BCUT2D eigenvalue weighted by atomic mass is 10.1. The summed E-state index contributed by atoms with van der Waals surface area (Å²) in [5.41, 5.74) is 0. The number of benzene rings is 2. The molecule has 0 saturated carbocycles. The highest BCUT2D eigenvalue weighted by Crippen LogP contribution is 2.42. The third-order valence-corrected chi connectivity index (χ3v) is 6.56. The standard InChI is InChI=1S/C12H5BrClIS/c13-10-11(14)8(15)5-7-6-3-1-2-4-9(6)16-12(7)10/h1-5H. The lowest BCUT2D eigenvalue weighted by Gasteiger charge is -2.00. The molecular weight excluding hydrogens is 418 g/mol. The van der Waals surface area contributed by atoms with Gasteiger partial charge >= 0.3 is 0 Å². The lowest BCUT2D eigenvalue weighted by molar-refractivity contribution is 1.71. The van der Waals surface area contributed by atoms with Crippen molar-refractivity contribution >= 4 is 81.6 Å². The molecule has 1 aromatic heterocycles. The number of thiophene rings is 1. The summed E-state index contributed by atoms with van der Waals surface area (Å²) in [7, 11) is 0. The van der Waals surface area contributed by atoms with E-state index in [4.69, 9.17) is 11.6 Å². The minimum absolute atomic E-state index is 0.805. The molecule has 0 aliphatic rings. The van der Waals surface area contributed by atoms with E-state index in [2.05, 4.69) is 68.9 Å². The zero-order chi connectivity index (χ0) is 11.3. The average molecular weight is 424 g/mol. The van der Waals surface area contributed by atoms with Gasteiger partial charge in [-0.2, -0.15) is 0 Å². The van der Waals surface area contributed by atoms with E-state index in [1.165, 1.54) is 20.2 Å². The maximum absolute atomic E-state index is 6.24. The van der Waals surface area contributed by atoms with Crippen LogP contribution in [-0.4, -0.2) is 0 Å². The molecule has 0 aliphatic carbocycles. The second-order valence-electron chi connectivity index (χ2n) is 3.46. The van der Waals surface area contributed by atoms with Crippen molar-refractivity contribution in [2.75, 3.05) is 0 Å². The molecular formula is C12H5BrClIS. The quantitative estimate of drug-likeness (QED) is 0.304. The van der Waals surface area contributed by atoms with Crippen LogP contribution < -0.4 is 0 Å². The highest BCUT2D eigenvalue weighted by molar-refractivity contribution is 14.1. The van der Waals surface area contributed by atoms with Gasteiger partial charge in [0, 0.05) is 19.0 Å². The van der Waals surface area contributed by atoms with E-state index in [9.17, 15) is 0 Å². The molecule has 0 aliphatic heterocycles. The van der Waals surface area contributed by atoms with Crippen molar-refractivity contribution in [2.45, 2.75) is 0 Å². The second-order valence-corrected chi connectivity index (χ2v) is 6.85. The van der Waals surface area contributed by atoms with Crippen LogP contribution in [0.2, 0.25) is 5.02 Å². The van der Waals surface area contributed by atoms with Crippen molar-refractivity contribution in [1.82, 2.24) is 0 Å². The second kappa shape index (κ2) is 4.12. The van der Waals surface area contributed by atoms with E-state index in [1.807, 2.05) is 0 Å². The van der Waals surface area contributed by atoms with Crippen LogP contribution >= 0.6 is 61.5 Å². The lowest BCUT2D eigenvalue weighted by Crippen LogP contribution is -1.77. The van der Waals surface area contributed by atoms with E-state index in [0.717, 1.165) is 13.1 Å². The number of hydrogen-bond acceptors (Lipinski definition) is 1. The third kappa shape index (κ3) is 1.60. The first-order chi connectivity index (χ1) is 7.68. The topological polar surface area (TPSA) is 0 Å². The first kappa shape index (κ1) is 11.3. The molecule has 0 unspecified atom stereocenters. The molecule has 0 nitrogen and oxygen atoms in total. The summed E-state index contributed by atoms with van der Waals surface area (Å²) in [5.74, 6) is 0. The van der Waals surface area contributed by atoms with Gasteiger partial charge in [-0.15, -0.1) is 11.3 Å². The predicted molar refractivity (Wildman–Crippen MR) is 84.8 cm³/mol. The monoisotopic (exact) mass is 422 g/mol. The van der Waals surface area contributed by atoms with Crippen LogP contribution in [-0.2, 0) is 0 Å². The fraction of sp³-hybridized carbons (Fsp3) is 0. The molecule has 0 spiro atoms. The fourth-order valence-corrected chi connectivity index (χ4v) is 4.72. The number of rotatable bonds is 0. The smallest absolute Gasteiger partial charge is 0.0696 e. The van der Waals surface area contributed by atoms with Crippen molar-refractivity contribution in [1.29, 1.82) is 0 Å². The predicted octanol–water partition coefficient (Wildman–Crippen LogP) is 6.08. The molecule has 0 atom stereocenters. The van der Waals surface area contributed by atoms with Gasteiger partial charge in [0.25, 0.3) is 0 Å². The van der Waals surface area contributed by atoms with Gasteiger partial charge in [0.1, 0.15) is 0 Å². The summed E-state index contributed by atoms with van der Waals surface area (Å²) in [4.78, 5) is 0. The van der Waals surface area contributed by atoms with E-state index >= 15 is 0 Å². The zero-order valence-corrected chi connectivity index (χ0v) is 13.2. The maximum Gasteiger partial charge on any atom is 0.0696 e. The third-order valence-electron chi connectivity index (χ3n) is 2.51. The number of fused-ring (bicyclic) bond motifs is 3. The fourth-order valence-electron chi connectivity index (χ4n) is 1.77. The molecule has 0 amide bonds. The summed E-state index contributed by atoms with van der Waals surface area (Å²) < 4.78 is 4.63. The van der Waals surface area contributed by atoms with Crippen LogP contribution in [0.5, 0.6) is 0 Å². The van der Waals surface area contributed by atoms with E-state index in [0.29, 0.717) is 0 Å². The minimum atomic E-state index is 0.805. The Morgan fingerprint density at radius 2 is 1.94 bits per heavy atom. The molecule has 1 heterocycles. The Hall–Kier alpha value is 0.160. The van der Waals surface area contributed by atoms with Gasteiger partial charge in [0.05, 0.1) is 14.2 Å². The first-order valence-electron chi connectivity index (χ1n) is 4.63. The summed E-state index contributed by atoms with van der Waals surface area (Å²) in [6.45, 7) is 0. The summed E-state index contributed by atoms with van der Waals surface area (Å²) in [6, 6.07) is 10.6. The van der Waals surface area contributed by atoms with E-state index in [1.54, 1.807) is 11.3 Å². The molecule has 0 N–H and O–H groups in total. The molecule has 0 radical (unpaired) electrons. The molecule has 3 rings (SSSR count). The van der Waals surface area contributed by atoms with Crippen LogP contribution in [0, 0.1) is 3.57 Å². The molecule has 80 valence electrons. The van der Waals surface area contributed by atoms with Crippen LogP contribution in [0.1, 0.15) is 0 Å². The Kier molecular flexibility index (Phi) is 2.90. The zero-order valence-electron chi connectivity index (χ0n) is 7.93. The SMILES string of the molecule is Clc1c(I)cc2c(sc3ccccc32)c1Br. The highest BCUT2D eigenvalue weighted by Gasteiger charge is 2.12. The van der Waals surface area contributed by atoms with Crippen LogP contribution in [0.25, 0.3) is 20.2 Å². The molecule has 16 heavy (non-hydrogen) atoms. The Morgan fingerprint density at radius 3 is 2.75 bits per heavy atom. The van der Waals surface area contributed by atoms with Crippen molar-refractivity contribution < 1.29 is 0 Å². The summed E-state index contributed by atoms with van der Waals surface area (Å²) >= 11 is 13.9. The Balaban J connectivity index is 2.60. The maximum atomic E-state index is 6.24. The summed E-state index contributed by atoms with van der Waals surface area (Å²) in [5, 5.41) is 3.39. The molecule has 2 aromatic carbocycles. The van der Waals surface area contributed by atoms with Crippen LogP contribution in [0.15, 0.2) is 34.8 Å². The average Bonchev–Trinajstić information content (AvgIpc) is 2.65. The van der Waals surface area contributed by atoms with Crippen molar-refractivity contribution in [2.24, 2.45) is 0 Å². The number of halogens is 3. The van der Waals surface area contributed by atoms with Gasteiger partial charge < -0.3 is 0 Å². The Morgan fingerprint density at radius 1 is 1.19 bits per heavy atom. The van der Waals surface area contributed by atoms with Gasteiger partial charge in [0.2, 0.25) is 0 Å². The first-order valence-corrected chi connectivity index (χ1v) is 7.70. The summed E-state index contributed by atoms with van der Waals surface area (Å²) in [6.07, 6.45) is 0. The largest absolute Gasteiger partial charge is 0.134 e. The van der Waals surface area contributed by atoms with Gasteiger partial charge in [-0.05, 0) is 50.7 Å². The minimum Gasteiger partial charge on any atom is -0.134 e. The van der Waals surface area contributed by atoms with Crippen LogP contribution in [0.4, 0.5) is 0 Å². The van der Waals surface area contributed by atoms with Crippen molar-refractivity contribution in [3.63, 3.8) is 0 Å². The van der Waals surface area contributed by atoms with Gasteiger partial charge in [-0.1, -0.05) is 29.8 Å². The van der Waals surface area contributed by atoms with Crippen molar-refractivity contribution in [3.05, 3.63) is 43.4 Å². The highest BCUT2D eigenvalue weighted by atomic mass is 127.